The van der Waals surface area contributed by atoms with Crippen molar-refractivity contribution in [3.63, 3.8) is 0 Å². The summed E-state index contributed by atoms with van der Waals surface area (Å²) >= 11 is 0. The summed E-state index contributed by atoms with van der Waals surface area (Å²) in [7, 11) is 6.09. The van der Waals surface area contributed by atoms with Gasteiger partial charge in [-0.2, -0.15) is 0 Å². The van der Waals surface area contributed by atoms with E-state index in [1.807, 2.05) is 6.07 Å². The van der Waals surface area contributed by atoms with Gasteiger partial charge in [-0.3, -0.25) is 4.79 Å². The number of hydrogen-bond acceptors (Lipinski definition) is 4. The third-order valence-corrected chi connectivity index (χ3v) is 7.64. The molecule has 0 amide bonds. The number of carbonyl (C=O) groups is 1. The number of rotatable bonds is 4. The Morgan fingerprint density at radius 3 is 2.64 bits per heavy atom. The van der Waals surface area contributed by atoms with Gasteiger partial charge in [-0.05, 0) is 46.4 Å². The van der Waals surface area contributed by atoms with E-state index in [1.54, 1.807) is 7.11 Å². The molecule has 2 heterocycles. The Hall–Kier alpha value is -2.57. The number of benzene rings is 3. The van der Waals surface area contributed by atoms with E-state index in [2.05, 4.69) is 44.4 Å². The minimum absolute atomic E-state index is 0. The molecule has 6 rings (SSSR count). The molecule has 0 bridgehead atoms. The second kappa shape index (κ2) is 8.03. The normalized spacial score (nSPS) is 19.2. The lowest BCUT2D eigenvalue weighted by atomic mass is 9.85. The number of nitrogens with zero attached hydrogens (tertiary/aromatic N) is 1. The fourth-order valence-electron chi connectivity index (χ4n) is 5.89. The van der Waals surface area contributed by atoms with Gasteiger partial charge in [0.15, 0.2) is 17.3 Å². The number of aryl methyl sites for hydroxylation is 2. The van der Waals surface area contributed by atoms with Crippen molar-refractivity contribution in [1.82, 2.24) is 0 Å². The summed E-state index contributed by atoms with van der Waals surface area (Å²) in [6.45, 7) is 1.16. The van der Waals surface area contributed by atoms with Crippen LogP contribution in [0.4, 0.5) is 0 Å². The minimum atomic E-state index is -0.0151. The lowest BCUT2D eigenvalue weighted by Crippen LogP contribution is -3.00. The van der Waals surface area contributed by atoms with Crippen LogP contribution in [0.25, 0.3) is 10.8 Å². The van der Waals surface area contributed by atoms with Crippen molar-refractivity contribution in [2.75, 3.05) is 34.5 Å². The van der Waals surface area contributed by atoms with E-state index in [0.29, 0.717) is 12.2 Å². The first kappa shape index (κ1) is 22.2. The van der Waals surface area contributed by atoms with Crippen LogP contribution in [0.2, 0.25) is 0 Å². The predicted molar refractivity (Wildman–Crippen MR) is 123 cm³/mol. The Balaban J connectivity index is 0.00000228. The third-order valence-electron chi connectivity index (χ3n) is 7.64. The molecule has 1 aliphatic carbocycles. The molecule has 0 saturated carbocycles. The lowest BCUT2D eigenvalue weighted by Gasteiger charge is -2.43. The summed E-state index contributed by atoms with van der Waals surface area (Å²) < 4.78 is 18.0. The molecule has 3 aromatic rings. The molecule has 172 valence electrons. The summed E-state index contributed by atoms with van der Waals surface area (Å²) in [6, 6.07) is 12.6. The Morgan fingerprint density at radius 2 is 1.85 bits per heavy atom. The number of ether oxygens (including phenoxy) is 3. The molecule has 1 unspecified atom stereocenters. The Kier molecular flexibility index (Phi) is 5.41. The summed E-state index contributed by atoms with van der Waals surface area (Å²) in [5.74, 6) is 2.31. The van der Waals surface area contributed by atoms with Crippen molar-refractivity contribution in [2.45, 2.75) is 31.7 Å². The number of likely N-dealkylation sites (N-methyl/N-ethyl adjacent to an activating group) is 1. The fourth-order valence-corrected chi connectivity index (χ4v) is 5.89. The van der Waals surface area contributed by atoms with Crippen LogP contribution in [0.15, 0.2) is 36.4 Å². The van der Waals surface area contributed by atoms with Crippen LogP contribution in [-0.4, -0.2) is 44.8 Å². The van der Waals surface area contributed by atoms with Crippen molar-refractivity contribution in [3.8, 4) is 17.2 Å². The minimum Gasteiger partial charge on any atom is -1.00 e. The molecule has 0 aromatic heterocycles. The summed E-state index contributed by atoms with van der Waals surface area (Å²) in [6.07, 6.45) is 3.47. The average Bonchev–Trinajstić information content (AvgIpc) is 3.42. The highest BCUT2D eigenvalue weighted by atomic mass is 79.9. The van der Waals surface area contributed by atoms with E-state index in [4.69, 9.17) is 14.2 Å². The molecule has 0 radical (unpaired) electrons. The molecule has 1 atom stereocenters. The molecule has 0 saturated heterocycles. The fraction of sp³-hybridized carbons (Fsp3) is 0.370. The molecule has 0 N–H and O–H groups in total. The maximum absolute atomic E-state index is 13.8. The number of halogens is 1. The van der Waals surface area contributed by atoms with Crippen molar-refractivity contribution in [3.05, 3.63) is 64.2 Å². The van der Waals surface area contributed by atoms with Crippen molar-refractivity contribution >= 4 is 16.6 Å². The molecular formula is C27H28BrNO4. The van der Waals surface area contributed by atoms with Gasteiger partial charge in [0.1, 0.15) is 6.04 Å². The first-order valence-corrected chi connectivity index (χ1v) is 11.4. The summed E-state index contributed by atoms with van der Waals surface area (Å²) in [5, 5.41) is 2.39. The molecule has 0 fully saturated rings. The van der Waals surface area contributed by atoms with E-state index in [1.165, 1.54) is 22.1 Å². The molecule has 5 nitrogen and oxygen atoms in total. The first-order valence-electron chi connectivity index (χ1n) is 11.4. The zero-order valence-electron chi connectivity index (χ0n) is 19.2. The van der Waals surface area contributed by atoms with E-state index in [-0.39, 0.29) is 35.6 Å². The van der Waals surface area contributed by atoms with Gasteiger partial charge < -0.3 is 35.7 Å². The van der Waals surface area contributed by atoms with Crippen molar-refractivity contribution in [1.29, 1.82) is 0 Å². The number of fused-ring (bicyclic) bond motifs is 2. The quantitative estimate of drug-likeness (QED) is 0.396. The largest absolute Gasteiger partial charge is 1.00 e. The highest BCUT2D eigenvalue weighted by Crippen LogP contribution is 2.51. The third kappa shape index (κ3) is 3.34. The van der Waals surface area contributed by atoms with E-state index in [0.717, 1.165) is 58.3 Å². The molecule has 2 aliphatic heterocycles. The smallest absolute Gasteiger partial charge is 0.231 e. The number of hydrogen-bond donors (Lipinski definition) is 0. The molecule has 33 heavy (non-hydrogen) atoms. The van der Waals surface area contributed by atoms with Crippen LogP contribution in [-0.2, 0) is 19.3 Å². The van der Waals surface area contributed by atoms with E-state index < -0.39 is 0 Å². The van der Waals surface area contributed by atoms with Crippen molar-refractivity contribution < 1.29 is 40.5 Å². The predicted octanol–water partition coefficient (Wildman–Crippen LogP) is 1.63. The summed E-state index contributed by atoms with van der Waals surface area (Å²) in [4.78, 5) is 13.8. The number of quaternary nitrogens is 1. The van der Waals surface area contributed by atoms with Gasteiger partial charge in [-0.15, -0.1) is 0 Å². The van der Waals surface area contributed by atoms with Gasteiger partial charge in [0.05, 0.1) is 39.7 Å². The van der Waals surface area contributed by atoms with E-state index in [9.17, 15) is 4.79 Å². The standard InChI is InChI=1S/C27H28NO4.BrH/c1-28(2)12-11-18-13-23-26(32-15-31-23)27(30-3)25(18)21(28)14-22(29)19-10-9-17-8-7-16-5-4-6-20(19)24(16)17;/h4-6,9-10,13,21H,7-8,11-12,14-15H2,1-3H3;1H/q+1;/p-1. The van der Waals surface area contributed by atoms with Gasteiger partial charge in [0, 0.05) is 12.0 Å². The lowest BCUT2D eigenvalue weighted by molar-refractivity contribution is -0.922. The molecule has 0 spiro atoms. The SMILES string of the molecule is COc1c2c(cc3c1C(CC(=O)c1ccc4c5c(cccc15)CC4)[N+](C)(C)CC3)OCO2.[Br-]. The van der Waals surface area contributed by atoms with Crippen LogP contribution in [0.1, 0.15) is 45.1 Å². The maximum Gasteiger partial charge on any atom is 0.231 e. The van der Waals surface area contributed by atoms with Gasteiger partial charge >= 0.3 is 0 Å². The zero-order chi connectivity index (χ0) is 22.0. The van der Waals surface area contributed by atoms with E-state index >= 15 is 0 Å². The topological polar surface area (TPSA) is 44.8 Å². The number of Topliss-reactive ketones (excluding diaryl/α,β-unsaturated/α-hetero) is 1. The van der Waals surface area contributed by atoms with Gasteiger partial charge in [-0.25, -0.2) is 0 Å². The van der Waals surface area contributed by atoms with Gasteiger partial charge in [0.2, 0.25) is 12.5 Å². The second-order valence-electron chi connectivity index (χ2n) is 9.72. The maximum atomic E-state index is 13.8. The van der Waals surface area contributed by atoms with Gasteiger partial charge in [-0.1, -0.05) is 30.3 Å². The van der Waals surface area contributed by atoms with Crippen LogP contribution < -0.4 is 31.2 Å². The average molecular weight is 510 g/mol. The second-order valence-corrected chi connectivity index (χ2v) is 9.72. The van der Waals surface area contributed by atoms with Crippen LogP contribution in [0.5, 0.6) is 17.2 Å². The number of ketones is 1. The first-order chi connectivity index (χ1) is 15.5. The summed E-state index contributed by atoms with van der Waals surface area (Å²) in [5.41, 5.74) is 5.84. The Labute approximate surface area is 204 Å². The highest BCUT2D eigenvalue weighted by Gasteiger charge is 2.42. The molecular weight excluding hydrogens is 482 g/mol. The molecule has 3 aliphatic rings. The molecule has 3 aromatic carbocycles. The Morgan fingerprint density at radius 1 is 1.06 bits per heavy atom. The van der Waals surface area contributed by atoms with Gasteiger partial charge in [0.25, 0.3) is 0 Å². The van der Waals surface area contributed by atoms with Crippen LogP contribution in [0.3, 0.4) is 0 Å². The monoisotopic (exact) mass is 509 g/mol. The highest BCUT2D eigenvalue weighted by molar-refractivity contribution is 6.10. The van der Waals surface area contributed by atoms with Crippen molar-refractivity contribution in [2.24, 2.45) is 0 Å². The van der Waals surface area contributed by atoms with Crippen LogP contribution in [0, 0.1) is 0 Å². The Bertz CT molecular complexity index is 1270. The van der Waals surface area contributed by atoms with Crippen LogP contribution >= 0.6 is 0 Å². The number of carbonyl (C=O) groups excluding carboxylic acids is 1. The zero-order valence-corrected chi connectivity index (χ0v) is 20.8. The molecule has 6 heteroatoms. The number of methoxy groups -OCH3 is 1.